The van der Waals surface area contributed by atoms with E-state index in [1.54, 1.807) is 0 Å². The summed E-state index contributed by atoms with van der Waals surface area (Å²) in [6.45, 7) is 1.07. The highest BCUT2D eigenvalue weighted by atomic mass is 16.2. The van der Waals surface area contributed by atoms with Gasteiger partial charge in [-0.15, -0.1) is 0 Å². The first kappa shape index (κ1) is 12.9. The van der Waals surface area contributed by atoms with Crippen LogP contribution in [0.25, 0.3) is 0 Å². The SMILES string of the molecule is O=C1N(CC(C2CC2)C2CC2)C(C2CCCC2)NC12CC2. The highest BCUT2D eigenvalue weighted by molar-refractivity contribution is 5.91. The molecule has 1 heterocycles. The van der Waals surface area contributed by atoms with Crippen LogP contribution in [0.1, 0.15) is 64.2 Å². The number of carbonyl (C=O) groups is 1. The van der Waals surface area contributed by atoms with Gasteiger partial charge in [-0.3, -0.25) is 10.1 Å². The predicted molar refractivity (Wildman–Crippen MR) is 81.5 cm³/mol. The summed E-state index contributed by atoms with van der Waals surface area (Å²) in [4.78, 5) is 15.3. The lowest BCUT2D eigenvalue weighted by Crippen LogP contribution is -2.45. The van der Waals surface area contributed by atoms with Crippen LogP contribution in [0.3, 0.4) is 0 Å². The summed E-state index contributed by atoms with van der Waals surface area (Å²) in [6.07, 6.45) is 13.6. The number of amides is 1. The summed E-state index contributed by atoms with van der Waals surface area (Å²) in [5, 5.41) is 3.78. The van der Waals surface area contributed by atoms with Gasteiger partial charge in [-0.25, -0.2) is 0 Å². The lowest BCUT2D eigenvalue weighted by Gasteiger charge is -2.32. The molecule has 3 heteroatoms. The molecule has 5 aliphatic rings. The van der Waals surface area contributed by atoms with Crippen LogP contribution in [0.4, 0.5) is 0 Å². The summed E-state index contributed by atoms with van der Waals surface area (Å²) >= 11 is 0. The Bertz CT molecular complexity index is 432. The molecule has 0 radical (unpaired) electrons. The van der Waals surface area contributed by atoms with Crippen LogP contribution in [0.5, 0.6) is 0 Å². The fourth-order valence-electron chi connectivity index (χ4n) is 5.11. The van der Waals surface area contributed by atoms with Crippen molar-refractivity contribution in [1.82, 2.24) is 10.2 Å². The molecule has 0 bridgehead atoms. The maximum Gasteiger partial charge on any atom is 0.244 e. The minimum atomic E-state index is -0.106. The van der Waals surface area contributed by atoms with Gasteiger partial charge in [0.1, 0.15) is 0 Å². The summed E-state index contributed by atoms with van der Waals surface area (Å²) in [6, 6.07) is 0. The Labute approximate surface area is 127 Å². The van der Waals surface area contributed by atoms with Crippen molar-refractivity contribution < 1.29 is 4.79 Å². The molecule has 1 amide bonds. The lowest BCUT2D eigenvalue weighted by molar-refractivity contribution is -0.132. The van der Waals surface area contributed by atoms with E-state index in [0.717, 1.165) is 43.1 Å². The van der Waals surface area contributed by atoms with E-state index in [0.29, 0.717) is 12.1 Å². The van der Waals surface area contributed by atoms with Crippen LogP contribution < -0.4 is 5.32 Å². The number of hydrogen-bond acceptors (Lipinski definition) is 2. The molecule has 1 saturated heterocycles. The molecule has 0 aromatic heterocycles. The highest BCUT2D eigenvalue weighted by Gasteiger charge is 2.61. The minimum absolute atomic E-state index is 0.106. The van der Waals surface area contributed by atoms with E-state index in [9.17, 15) is 4.79 Å². The first-order chi connectivity index (χ1) is 10.3. The Kier molecular flexibility index (Phi) is 2.75. The van der Waals surface area contributed by atoms with Gasteiger partial charge in [0.25, 0.3) is 0 Å². The van der Waals surface area contributed by atoms with E-state index < -0.39 is 0 Å². The first-order valence-corrected chi connectivity index (χ1v) is 9.36. The molecule has 1 unspecified atom stereocenters. The van der Waals surface area contributed by atoms with Gasteiger partial charge in [-0.05, 0) is 75.0 Å². The molecule has 1 atom stereocenters. The van der Waals surface area contributed by atoms with Crippen molar-refractivity contribution in [2.45, 2.75) is 75.9 Å². The van der Waals surface area contributed by atoms with Gasteiger partial charge in [0, 0.05) is 6.54 Å². The maximum atomic E-state index is 12.9. The zero-order chi connectivity index (χ0) is 14.0. The zero-order valence-electron chi connectivity index (χ0n) is 13.0. The summed E-state index contributed by atoms with van der Waals surface area (Å²) in [5.41, 5.74) is -0.106. The monoisotopic (exact) mass is 288 g/mol. The third-order valence-corrected chi connectivity index (χ3v) is 6.89. The average Bonchev–Trinajstić information content (AvgIpc) is 3.35. The third-order valence-electron chi connectivity index (χ3n) is 6.89. The van der Waals surface area contributed by atoms with Gasteiger partial charge in [-0.1, -0.05) is 12.8 Å². The zero-order valence-corrected chi connectivity index (χ0v) is 13.0. The van der Waals surface area contributed by atoms with Crippen LogP contribution >= 0.6 is 0 Å². The standard InChI is InChI=1S/C18H28N2O/c21-17-18(9-10-18)19-16(14-3-1-2-4-14)20(17)11-15(12-5-6-12)13-7-8-13/h12-16,19H,1-11H2. The van der Waals surface area contributed by atoms with Gasteiger partial charge in [0.15, 0.2) is 0 Å². The topological polar surface area (TPSA) is 32.3 Å². The van der Waals surface area contributed by atoms with E-state index in [2.05, 4.69) is 10.2 Å². The molecule has 1 aliphatic heterocycles. The maximum absolute atomic E-state index is 12.9. The molecule has 5 fully saturated rings. The quantitative estimate of drug-likeness (QED) is 0.843. The smallest absolute Gasteiger partial charge is 0.244 e. The molecular formula is C18H28N2O. The second-order valence-corrected chi connectivity index (χ2v) is 8.51. The summed E-state index contributed by atoms with van der Waals surface area (Å²) in [5.74, 6) is 3.92. The molecule has 0 aromatic rings. The number of hydrogen-bond donors (Lipinski definition) is 1. The van der Waals surface area contributed by atoms with Crippen molar-refractivity contribution in [2.75, 3.05) is 6.54 Å². The fraction of sp³-hybridized carbons (Fsp3) is 0.944. The van der Waals surface area contributed by atoms with E-state index in [4.69, 9.17) is 0 Å². The van der Waals surface area contributed by atoms with E-state index in [-0.39, 0.29) is 5.54 Å². The molecule has 5 rings (SSSR count). The molecule has 1 N–H and O–H groups in total. The summed E-state index contributed by atoms with van der Waals surface area (Å²) in [7, 11) is 0. The van der Waals surface area contributed by atoms with Crippen molar-refractivity contribution in [3.8, 4) is 0 Å². The largest absolute Gasteiger partial charge is 0.325 e. The molecule has 4 aliphatic carbocycles. The van der Waals surface area contributed by atoms with Gasteiger partial charge in [0.05, 0.1) is 11.7 Å². The summed E-state index contributed by atoms with van der Waals surface area (Å²) < 4.78 is 0. The second-order valence-electron chi connectivity index (χ2n) is 8.51. The van der Waals surface area contributed by atoms with Gasteiger partial charge < -0.3 is 4.90 Å². The third kappa shape index (κ3) is 2.15. The van der Waals surface area contributed by atoms with Crippen molar-refractivity contribution >= 4 is 5.91 Å². The molecule has 4 saturated carbocycles. The van der Waals surface area contributed by atoms with Crippen molar-refractivity contribution in [1.29, 1.82) is 0 Å². The van der Waals surface area contributed by atoms with Crippen LogP contribution in [0.15, 0.2) is 0 Å². The molecule has 21 heavy (non-hydrogen) atoms. The van der Waals surface area contributed by atoms with E-state index in [1.807, 2.05) is 0 Å². The molecular weight excluding hydrogens is 260 g/mol. The van der Waals surface area contributed by atoms with Crippen molar-refractivity contribution in [2.24, 2.45) is 23.7 Å². The van der Waals surface area contributed by atoms with Crippen LogP contribution in [-0.4, -0.2) is 29.1 Å². The predicted octanol–water partition coefficient (Wildman–Crippen LogP) is 2.90. The second kappa shape index (κ2) is 4.47. The van der Waals surface area contributed by atoms with Gasteiger partial charge >= 0.3 is 0 Å². The van der Waals surface area contributed by atoms with E-state index >= 15 is 0 Å². The highest BCUT2D eigenvalue weighted by Crippen LogP contribution is 2.51. The van der Waals surface area contributed by atoms with Crippen molar-refractivity contribution in [3.05, 3.63) is 0 Å². The minimum Gasteiger partial charge on any atom is -0.325 e. The van der Waals surface area contributed by atoms with Crippen molar-refractivity contribution in [3.63, 3.8) is 0 Å². The first-order valence-electron chi connectivity index (χ1n) is 9.36. The van der Waals surface area contributed by atoms with E-state index in [1.165, 1.54) is 51.4 Å². The fourth-order valence-corrected chi connectivity index (χ4v) is 5.11. The normalized spacial score (nSPS) is 35.4. The Morgan fingerprint density at radius 2 is 1.67 bits per heavy atom. The van der Waals surface area contributed by atoms with Gasteiger partial charge in [0.2, 0.25) is 5.91 Å². The molecule has 1 spiro atoms. The number of nitrogens with zero attached hydrogens (tertiary/aromatic N) is 1. The Hall–Kier alpha value is -0.570. The number of nitrogens with one attached hydrogen (secondary N) is 1. The molecule has 0 aromatic carbocycles. The van der Waals surface area contributed by atoms with Crippen LogP contribution in [0.2, 0.25) is 0 Å². The Morgan fingerprint density at radius 3 is 2.19 bits per heavy atom. The molecule has 116 valence electrons. The van der Waals surface area contributed by atoms with Gasteiger partial charge in [-0.2, -0.15) is 0 Å². The molecule has 3 nitrogen and oxygen atoms in total. The number of carbonyl (C=O) groups excluding carboxylic acids is 1. The average molecular weight is 288 g/mol. The van der Waals surface area contributed by atoms with Crippen LogP contribution in [0, 0.1) is 23.7 Å². The Morgan fingerprint density at radius 1 is 1.05 bits per heavy atom. The Balaban J connectivity index is 1.37. The lowest BCUT2D eigenvalue weighted by atomic mass is 9.95. The number of rotatable bonds is 5. The van der Waals surface area contributed by atoms with Crippen LogP contribution in [-0.2, 0) is 4.79 Å².